The van der Waals surface area contributed by atoms with E-state index >= 15 is 0 Å². The Morgan fingerprint density at radius 1 is 1.08 bits per heavy atom. The zero-order valence-corrected chi connectivity index (χ0v) is 12.8. The fourth-order valence-electron chi connectivity index (χ4n) is 1.83. The molecule has 1 N–H and O–H groups in total. The lowest BCUT2D eigenvalue weighted by atomic mass is 10.2. The molecule has 2 rings (SSSR count). The summed E-state index contributed by atoms with van der Waals surface area (Å²) in [6.45, 7) is 0.147. The lowest BCUT2D eigenvalue weighted by Gasteiger charge is -2.09. The monoisotopic (exact) mass is 335 g/mol. The number of ether oxygens (including phenoxy) is 2. The second-order valence-corrected chi connectivity index (χ2v) is 4.86. The van der Waals surface area contributed by atoms with Gasteiger partial charge in [0.05, 0.1) is 12.8 Å². The van der Waals surface area contributed by atoms with E-state index in [0.29, 0.717) is 0 Å². The SMILES string of the molecule is COC(=O)CC(=O)Nc1ccc(OCc2ccc(F)cc2)cc1F. The molecule has 126 valence electrons. The summed E-state index contributed by atoms with van der Waals surface area (Å²) in [4.78, 5) is 22.5. The van der Waals surface area contributed by atoms with Crippen molar-refractivity contribution in [1.29, 1.82) is 0 Å². The molecule has 0 fully saturated rings. The number of halogens is 2. The number of hydrogen-bond acceptors (Lipinski definition) is 4. The zero-order valence-electron chi connectivity index (χ0n) is 12.8. The van der Waals surface area contributed by atoms with Gasteiger partial charge in [0, 0.05) is 6.07 Å². The van der Waals surface area contributed by atoms with E-state index in [-0.39, 0.29) is 23.9 Å². The number of nitrogens with one attached hydrogen (secondary N) is 1. The van der Waals surface area contributed by atoms with Crippen LogP contribution < -0.4 is 10.1 Å². The van der Waals surface area contributed by atoms with Crippen molar-refractivity contribution in [2.45, 2.75) is 13.0 Å². The maximum atomic E-state index is 13.9. The number of carbonyl (C=O) groups excluding carboxylic acids is 2. The van der Waals surface area contributed by atoms with E-state index in [1.807, 2.05) is 0 Å². The molecule has 7 heteroatoms. The summed E-state index contributed by atoms with van der Waals surface area (Å²) >= 11 is 0. The summed E-state index contributed by atoms with van der Waals surface area (Å²) in [7, 11) is 1.16. The first-order chi connectivity index (χ1) is 11.5. The topological polar surface area (TPSA) is 64.6 Å². The molecule has 0 bridgehead atoms. The van der Waals surface area contributed by atoms with E-state index < -0.39 is 24.1 Å². The third-order valence-electron chi connectivity index (χ3n) is 3.07. The van der Waals surface area contributed by atoms with E-state index in [2.05, 4.69) is 10.1 Å². The highest BCUT2D eigenvalue weighted by atomic mass is 19.1. The smallest absolute Gasteiger partial charge is 0.315 e. The number of anilines is 1. The number of rotatable bonds is 6. The molecule has 0 heterocycles. The van der Waals surface area contributed by atoms with Crippen LogP contribution in [0.3, 0.4) is 0 Å². The van der Waals surface area contributed by atoms with Crippen LogP contribution in [0, 0.1) is 11.6 Å². The molecule has 0 unspecified atom stereocenters. The summed E-state index contributed by atoms with van der Waals surface area (Å²) < 4.78 is 36.5. The summed E-state index contributed by atoms with van der Waals surface area (Å²) in [6, 6.07) is 9.64. The molecule has 0 aliphatic rings. The van der Waals surface area contributed by atoms with Gasteiger partial charge >= 0.3 is 5.97 Å². The molecule has 0 saturated carbocycles. The van der Waals surface area contributed by atoms with Gasteiger partial charge in [0.15, 0.2) is 0 Å². The molecule has 0 spiro atoms. The molecule has 0 radical (unpaired) electrons. The van der Waals surface area contributed by atoms with Gasteiger partial charge in [0.25, 0.3) is 0 Å². The maximum Gasteiger partial charge on any atom is 0.315 e. The van der Waals surface area contributed by atoms with Gasteiger partial charge in [0.1, 0.15) is 30.4 Å². The van der Waals surface area contributed by atoms with Crippen molar-refractivity contribution >= 4 is 17.6 Å². The summed E-state index contributed by atoms with van der Waals surface area (Å²) in [6.07, 6.45) is -0.501. The Bertz CT molecular complexity index is 732. The second-order valence-electron chi connectivity index (χ2n) is 4.86. The highest BCUT2D eigenvalue weighted by Crippen LogP contribution is 2.21. The second kappa shape index (κ2) is 8.05. The lowest BCUT2D eigenvalue weighted by molar-refractivity contribution is -0.142. The molecular weight excluding hydrogens is 320 g/mol. The van der Waals surface area contributed by atoms with E-state index in [1.165, 1.54) is 24.3 Å². The third kappa shape index (κ3) is 5.05. The van der Waals surface area contributed by atoms with Crippen LogP contribution in [-0.2, 0) is 20.9 Å². The summed E-state index contributed by atoms with van der Waals surface area (Å²) in [5.41, 5.74) is 0.658. The van der Waals surface area contributed by atoms with Gasteiger partial charge in [-0.2, -0.15) is 0 Å². The zero-order chi connectivity index (χ0) is 17.5. The van der Waals surface area contributed by atoms with Crippen molar-refractivity contribution in [3.8, 4) is 5.75 Å². The van der Waals surface area contributed by atoms with E-state index in [9.17, 15) is 18.4 Å². The van der Waals surface area contributed by atoms with Crippen LogP contribution in [0.15, 0.2) is 42.5 Å². The molecular formula is C17H15F2NO4. The van der Waals surface area contributed by atoms with E-state index in [0.717, 1.165) is 18.7 Å². The number of carbonyl (C=O) groups is 2. The minimum atomic E-state index is -0.716. The van der Waals surface area contributed by atoms with Crippen molar-refractivity contribution in [3.63, 3.8) is 0 Å². The van der Waals surface area contributed by atoms with Crippen LogP contribution in [0.4, 0.5) is 14.5 Å². The summed E-state index contributed by atoms with van der Waals surface area (Å²) in [5.74, 6) is -2.20. The molecule has 0 saturated heterocycles. The van der Waals surface area contributed by atoms with Gasteiger partial charge in [-0.05, 0) is 29.8 Å². The van der Waals surface area contributed by atoms with Crippen LogP contribution in [-0.4, -0.2) is 19.0 Å². The van der Waals surface area contributed by atoms with Crippen molar-refractivity contribution in [1.82, 2.24) is 0 Å². The summed E-state index contributed by atoms with van der Waals surface area (Å²) in [5, 5.41) is 2.27. The van der Waals surface area contributed by atoms with Gasteiger partial charge in [-0.3, -0.25) is 9.59 Å². The Labute approximate surface area is 137 Å². The normalized spacial score (nSPS) is 10.1. The molecule has 0 aliphatic heterocycles. The minimum Gasteiger partial charge on any atom is -0.489 e. The average molecular weight is 335 g/mol. The standard InChI is InChI=1S/C17H15F2NO4/c1-23-17(22)9-16(21)20-15-7-6-13(8-14(15)19)24-10-11-2-4-12(18)5-3-11/h2-8H,9-10H2,1H3,(H,20,21). The predicted molar refractivity (Wildman–Crippen MR) is 82.4 cm³/mol. The van der Waals surface area contributed by atoms with Gasteiger partial charge in [0.2, 0.25) is 5.91 Å². The number of hydrogen-bond donors (Lipinski definition) is 1. The first-order valence-electron chi connectivity index (χ1n) is 7.01. The number of benzene rings is 2. The molecule has 5 nitrogen and oxygen atoms in total. The quantitative estimate of drug-likeness (QED) is 0.651. The first kappa shape index (κ1) is 17.4. The Morgan fingerprint density at radius 2 is 1.79 bits per heavy atom. The van der Waals surface area contributed by atoms with Crippen molar-refractivity contribution in [2.75, 3.05) is 12.4 Å². The first-order valence-corrected chi connectivity index (χ1v) is 7.01. The number of methoxy groups -OCH3 is 1. The predicted octanol–water partition coefficient (Wildman–Crippen LogP) is 3.05. The average Bonchev–Trinajstić information content (AvgIpc) is 2.56. The van der Waals surface area contributed by atoms with Gasteiger partial charge < -0.3 is 14.8 Å². The molecule has 2 aromatic carbocycles. The highest BCUT2D eigenvalue weighted by molar-refractivity contribution is 6.01. The third-order valence-corrected chi connectivity index (χ3v) is 3.07. The van der Waals surface area contributed by atoms with Gasteiger partial charge in [-0.25, -0.2) is 8.78 Å². The Balaban J connectivity index is 1.95. The van der Waals surface area contributed by atoms with E-state index in [4.69, 9.17) is 4.74 Å². The van der Waals surface area contributed by atoms with Gasteiger partial charge in [-0.15, -0.1) is 0 Å². The van der Waals surface area contributed by atoms with Gasteiger partial charge in [-0.1, -0.05) is 12.1 Å². The number of amides is 1. The number of esters is 1. The highest BCUT2D eigenvalue weighted by Gasteiger charge is 2.12. The Morgan fingerprint density at radius 3 is 2.42 bits per heavy atom. The molecule has 2 aromatic rings. The van der Waals surface area contributed by atoms with Crippen molar-refractivity contribution in [3.05, 3.63) is 59.7 Å². The fourth-order valence-corrected chi connectivity index (χ4v) is 1.83. The van der Waals surface area contributed by atoms with Crippen LogP contribution in [0.5, 0.6) is 5.75 Å². The van der Waals surface area contributed by atoms with E-state index in [1.54, 1.807) is 12.1 Å². The lowest BCUT2D eigenvalue weighted by Crippen LogP contribution is -2.17. The molecule has 24 heavy (non-hydrogen) atoms. The Kier molecular flexibility index (Phi) is 5.83. The molecule has 0 atom stereocenters. The van der Waals surface area contributed by atoms with Crippen LogP contribution in [0.1, 0.15) is 12.0 Å². The van der Waals surface area contributed by atoms with Crippen molar-refractivity contribution < 1.29 is 27.8 Å². The van der Waals surface area contributed by atoms with Crippen LogP contribution >= 0.6 is 0 Å². The largest absolute Gasteiger partial charge is 0.489 e. The van der Waals surface area contributed by atoms with Crippen molar-refractivity contribution in [2.24, 2.45) is 0 Å². The molecule has 0 aliphatic carbocycles. The van der Waals surface area contributed by atoms with Crippen LogP contribution in [0.25, 0.3) is 0 Å². The Hall–Kier alpha value is -2.96. The fraction of sp³-hybridized carbons (Fsp3) is 0.176. The minimum absolute atomic E-state index is 0.0713. The van der Waals surface area contributed by atoms with Crippen LogP contribution in [0.2, 0.25) is 0 Å². The molecule has 1 amide bonds. The maximum absolute atomic E-state index is 13.9. The molecule has 0 aromatic heterocycles.